The number of anilines is 2. The van der Waals surface area contributed by atoms with E-state index in [2.05, 4.69) is 0 Å². The summed E-state index contributed by atoms with van der Waals surface area (Å²) >= 11 is -2.69. The van der Waals surface area contributed by atoms with Gasteiger partial charge >= 0.3 is 5.97 Å². The Morgan fingerprint density at radius 1 is 1.11 bits per heavy atom. The highest BCUT2D eigenvalue weighted by Crippen LogP contribution is 2.33. The fourth-order valence-electron chi connectivity index (χ4n) is 3.08. The smallest absolute Gasteiger partial charge is 0.338 e. The summed E-state index contributed by atoms with van der Waals surface area (Å²) in [4.78, 5) is 10.9. The predicted octanol–water partition coefficient (Wildman–Crippen LogP) is 3.83. The molecule has 1 fully saturated rings. The SMILES string of the molecule is O=C(O)c1cc(F)c(N(c2ccc(C3CCOCC3)cc2)S(=O)O)cc1F. The van der Waals surface area contributed by atoms with Gasteiger partial charge in [0.15, 0.2) is 0 Å². The van der Waals surface area contributed by atoms with E-state index in [0.717, 1.165) is 18.4 Å². The first-order chi connectivity index (χ1) is 12.9. The second-order valence-electron chi connectivity index (χ2n) is 6.09. The molecule has 0 bridgehead atoms. The summed E-state index contributed by atoms with van der Waals surface area (Å²) in [6.07, 6.45) is 1.73. The summed E-state index contributed by atoms with van der Waals surface area (Å²) in [7, 11) is 0. The molecule has 1 heterocycles. The highest BCUT2D eigenvalue weighted by atomic mass is 32.2. The summed E-state index contributed by atoms with van der Waals surface area (Å²) < 4.78 is 55.7. The Morgan fingerprint density at radius 2 is 1.74 bits per heavy atom. The van der Waals surface area contributed by atoms with Crippen LogP contribution in [0.15, 0.2) is 36.4 Å². The Balaban J connectivity index is 1.95. The number of carbonyl (C=O) groups is 1. The number of halogens is 2. The lowest BCUT2D eigenvalue weighted by Crippen LogP contribution is -2.21. The topological polar surface area (TPSA) is 87.1 Å². The Labute approximate surface area is 156 Å². The maximum atomic E-state index is 14.3. The van der Waals surface area contributed by atoms with E-state index in [-0.39, 0.29) is 5.69 Å². The molecule has 3 rings (SSSR count). The van der Waals surface area contributed by atoms with E-state index in [9.17, 15) is 22.3 Å². The van der Waals surface area contributed by atoms with Gasteiger partial charge in [0.1, 0.15) is 11.6 Å². The van der Waals surface area contributed by atoms with Crippen LogP contribution in [-0.2, 0) is 16.0 Å². The molecule has 0 radical (unpaired) electrons. The van der Waals surface area contributed by atoms with E-state index in [4.69, 9.17) is 9.84 Å². The molecule has 1 aliphatic heterocycles. The quantitative estimate of drug-likeness (QED) is 0.749. The second kappa shape index (κ2) is 8.12. The normalized spacial score (nSPS) is 16.1. The number of nitrogens with zero attached hydrogens (tertiary/aromatic N) is 1. The van der Waals surface area contributed by atoms with Gasteiger partial charge in [-0.05, 0) is 42.5 Å². The van der Waals surface area contributed by atoms with Crippen LogP contribution in [0.5, 0.6) is 0 Å². The molecular formula is C18H17F2NO5S. The van der Waals surface area contributed by atoms with Crippen molar-refractivity contribution in [3.63, 3.8) is 0 Å². The molecule has 2 N–H and O–H groups in total. The van der Waals surface area contributed by atoms with Crippen molar-refractivity contribution in [2.45, 2.75) is 18.8 Å². The van der Waals surface area contributed by atoms with Crippen LogP contribution in [0.1, 0.15) is 34.7 Å². The van der Waals surface area contributed by atoms with Gasteiger partial charge in [-0.2, -0.15) is 0 Å². The molecule has 2 aromatic rings. The zero-order valence-corrected chi connectivity index (χ0v) is 14.9. The van der Waals surface area contributed by atoms with Crippen LogP contribution in [-0.4, -0.2) is 33.1 Å². The lowest BCUT2D eigenvalue weighted by atomic mass is 9.92. The average Bonchev–Trinajstić information content (AvgIpc) is 2.65. The predicted molar refractivity (Wildman–Crippen MR) is 95.5 cm³/mol. The van der Waals surface area contributed by atoms with E-state index in [1.54, 1.807) is 24.3 Å². The standard InChI is InChI=1S/C18H17F2NO5S/c19-15-10-17(16(20)9-14(15)18(22)23)21(27(24)25)13-3-1-11(2-4-13)12-5-7-26-8-6-12/h1-4,9-10,12H,5-8H2,(H,22,23)(H,24,25). The van der Waals surface area contributed by atoms with Crippen LogP contribution < -0.4 is 4.31 Å². The van der Waals surface area contributed by atoms with Crippen molar-refractivity contribution in [3.8, 4) is 0 Å². The fraction of sp³-hybridized carbons (Fsp3) is 0.278. The van der Waals surface area contributed by atoms with Gasteiger partial charge in [0, 0.05) is 19.3 Å². The summed E-state index contributed by atoms with van der Waals surface area (Å²) in [6, 6.07) is 7.71. The number of hydrogen-bond donors (Lipinski definition) is 2. The summed E-state index contributed by atoms with van der Waals surface area (Å²) in [5.41, 5.74) is -0.182. The van der Waals surface area contributed by atoms with Crippen molar-refractivity contribution >= 4 is 28.6 Å². The number of carboxylic acids is 1. The summed E-state index contributed by atoms with van der Waals surface area (Å²) in [5, 5.41) is 8.86. The van der Waals surface area contributed by atoms with E-state index >= 15 is 0 Å². The first kappa shape index (κ1) is 19.4. The molecule has 1 atom stereocenters. The lowest BCUT2D eigenvalue weighted by molar-refractivity contribution is 0.0691. The Hall–Kier alpha value is -2.36. The number of carboxylic acid groups (broad SMARTS) is 1. The van der Waals surface area contributed by atoms with Crippen molar-refractivity contribution in [3.05, 3.63) is 59.2 Å². The molecule has 0 amide bonds. The zero-order valence-electron chi connectivity index (χ0n) is 14.1. The first-order valence-corrected chi connectivity index (χ1v) is 9.26. The van der Waals surface area contributed by atoms with Crippen molar-refractivity contribution in [2.75, 3.05) is 17.5 Å². The van der Waals surface area contributed by atoms with Crippen LogP contribution in [0, 0.1) is 11.6 Å². The van der Waals surface area contributed by atoms with Crippen LogP contribution in [0.3, 0.4) is 0 Å². The van der Waals surface area contributed by atoms with E-state index < -0.39 is 40.1 Å². The maximum absolute atomic E-state index is 14.3. The largest absolute Gasteiger partial charge is 0.478 e. The van der Waals surface area contributed by atoms with Crippen molar-refractivity contribution in [1.29, 1.82) is 0 Å². The molecule has 0 spiro atoms. The van der Waals surface area contributed by atoms with Gasteiger partial charge < -0.3 is 9.84 Å². The van der Waals surface area contributed by atoms with Crippen LogP contribution in [0.4, 0.5) is 20.2 Å². The molecule has 6 nitrogen and oxygen atoms in total. The Kier molecular flexibility index (Phi) is 5.83. The zero-order chi connectivity index (χ0) is 19.6. The molecule has 9 heteroatoms. The second-order valence-corrected chi connectivity index (χ2v) is 6.92. The number of aromatic carboxylic acids is 1. The fourth-order valence-corrected chi connectivity index (χ4v) is 3.69. The van der Waals surface area contributed by atoms with Gasteiger partial charge in [0.05, 0.1) is 16.9 Å². The molecule has 0 aromatic heterocycles. The molecule has 144 valence electrons. The van der Waals surface area contributed by atoms with Gasteiger partial charge in [-0.1, -0.05) is 12.1 Å². The van der Waals surface area contributed by atoms with Gasteiger partial charge in [0.2, 0.25) is 0 Å². The number of benzene rings is 2. The highest BCUT2D eigenvalue weighted by Gasteiger charge is 2.24. The van der Waals surface area contributed by atoms with Gasteiger partial charge in [-0.25, -0.2) is 22.1 Å². The minimum absolute atomic E-state index is 0.174. The minimum atomic E-state index is -2.69. The van der Waals surface area contributed by atoms with E-state index in [0.29, 0.717) is 35.6 Å². The van der Waals surface area contributed by atoms with E-state index in [1.807, 2.05) is 0 Å². The van der Waals surface area contributed by atoms with Crippen molar-refractivity contribution < 1.29 is 32.2 Å². The van der Waals surface area contributed by atoms with Crippen LogP contribution in [0.25, 0.3) is 0 Å². The Bertz CT molecular complexity index is 869. The first-order valence-electron chi connectivity index (χ1n) is 8.19. The lowest BCUT2D eigenvalue weighted by Gasteiger charge is -2.24. The average molecular weight is 397 g/mol. The molecule has 1 unspecified atom stereocenters. The van der Waals surface area contributed by atoms with E-state index in [1.165, 1.54) is 0 Å². The van der Waals surface area contributed by atoms with Gasteiger partial charge in [-0.3, -0.25) is 4.55 Å². The summed E-state index contributed by atoms with van der Waals surface area (Å²) in [5.74, 6) is -3.64. The molecular weight excluding hydrogens is 380 g/mol. The molecule has 1 aliphatic rings. The third kappa shape index (κ3) is 4.15. The maximum Gasteiger partial charge on any atom is 0.338 e. The van der Waals surface area contributed by atoms with Crippen LogP contribution in [0.2, 0.25) is 0 Å². The third-order valence-corrected chi connectivity index (χ3v) is 5.18. The molecule has 0 saturated carbocycles. The molecule has 27 heavy (non-hydrogen) atoms. The number of rotatable bonds is 5. The molecule has 0 aliphatic carbocycles. The van der Waals surface area contributed by atoms with Crippen molar-refractivity contribution in [2.24, 2.45) is 0 Å². The number of hydrogen-bond acceptors (Lipinski definition) is 3. The highest BCUT2D eigenvalue weighted by molar-refractivity contribution is 7.81. The summed E-state index contributed by atoms with van der Waals surface area (Å²) in [6.45, 7) is 1.33. The molecule has 2 aromatic carbocycles. The molecule has 1 saturated heterocycles. The van der Waals surface area contributed by atoms with Gasteiger partial charge in [-0.15, -0.1) is 0 Å². The van der Waals surface area contributed by atoms with Crippen LogP contribution >= 0.6 is 0 Å². The Morgan fingerprint density at radius 3 is 2.30 bits per heavy atom. The van der Waals surface area contributed by atoms with Crippen molar-refractivity contribution in [1.82, 2.24) is 0 Å². The van der Waals surface area contributed by atoms with Gasteiger partial charge in [0.25, 0.3) is 11.3 Å². The monoisotopic (exact) mass is 397 g/mol. The minimum Gasteiger partial charge on any atom is -0.478 e. The number of ether oxygens (including phenoxy) is 1. The third-order valence-electron chi connectivity index (χ3n) is 4.46.